The Labute approximate surface area is 187 Å². The highest BCUT2D eigenvalue weighted by atomic mass is 16.5. The summed E-state index contributed by atoms with van der Waals surface area (Å²) in [6.45, 7) is 7.90. The number of Topliss-reactive ketones (excluding diaryl/α,β-unsaturated/α-hetero) is 1. The van der Waals surface area contributed by atoms with Crippen molar-refractivity contribution in [3.63, 3.8) is 0 Å². The zero-order valence-corrected chi connectivity index (χ0v) is 19.1. The second-order valence-electron chi connectivity index (χ2n) is 7.70. The fourth-order valence-electron chi connectivity index (χ4n) is 3.98. The van der Waals surface area contributed by atoms with Crippen molar-refractivity contribution < 1.29 is 23.5 Å². The van der Waals surface area contributed by atoms with Gasteiger partial charge in [0.1, 0.15) is 11.5 Å². The van der Waals surface area contributed by atoms with E-state index in [0.29, 0.717) is 40.4 Å². The molecule has 0 bridgehead atoms. The number of aryl methyl sites for hydroxylation is 1. The predicted octanol–water partition coefficient (Wildman–Crippen LogP) is 4.34. The molecule has 0 N–H and O–H groups in total. The maximum atomic E-state index is 13.4. The predicted molar refractivity (Wildman–Crippen MR) is 120 cm³/mol. The van der Waals surface area contributed by atoms with Crippen LogP contribution in [0.5, 0.6) is 0 Å². The van der Waals surface area contributed by atoms with Crippen LogP contribution in [0.25, 0.3) is 0 Å². The Morgan fingerprint density at radius 3 is 2.31 bits per heavy atom. The minimum absolute atomic E-state index is 0.149. The quantitative estimate of drug-likeness (QED) is 0.388. The lowest BCUT2D eigenvalue weighted by atomic mass is 10.0. The molecular weight excluding hydrogens is 408 g/mol. The number of carbonyl (C=O) groups excluding carboxylic acids is 3. The summed E-state index contributed by atoms with van der Waals surface area (Å²) in [6, 6.07) is 10.7. The van der Waals surface area contributed by atoms with Gasteiger partial charge in [-0.25, -0.2) is 4.79 Å². The SMILES string of the molecule is CCn1c(C)c(C(=O)CN(Cc2ccco2)C(=O)c2ccc(C)cc2)c(C)c1C(=O)OC. The smallest absolute Gasteiger partial charge is 0.354 e. The molecule has 7 nitrogen and oxygen atoms in total. The fourth-order valence-corrected chi connectivity index (χ4v) is 3.98. The third-order valence-corrected chi connectivity index (χ3v) is 5.59. The van der Waals surface area contributed by atoms with Crippen molar-refractivity contribution in [1.29, 1.82) is 0 Å². The second-order valence-corrected chi connectivity index (χ2v) is 7.70. The largest absolute Gasteiger partial charge is 0.467 e. The number of rotatable bonds is 8. The van der Waals surface area contributed by atoms with Crippen LogP contribution in [0.4, 0.5) is 0 Å². The summed E-state index contributed by atoms with van der Waals surface area (Å²) in [5, 5.41) is 0. The van der Waals surface area contributed by atoms with Gasteiger partial charge in [0.15, 0.2) is 5.78 Å². The van der Waals surface area contributed by atoms with Gasteiger partial charge in [0, 0.05) is 23.4 Å². The highest BCUT2D eigenvalue weighted by Crippen LogP contribution is 2.24. The summed E-state index contributed by atoms with van der Waals surface area (Å²) in [5.74, 6) is -0.430. The number of aromatic nitrogens is 1. The van der Waals surface area contributed by atoms with Crippen molar-refractivity contribution in [2.75, 3.05) is 13.7 Å². The van der Waals surface area contributed by atoms with Gasteiger partial charge in [0.05, 0.1) is 26.5 Å². The lowest BCUT2D eigenvalue weighted by Gasteiger charge is -2.21. The minimum Gasteiger partial charge on any atom is -0.467 e. The first-order chi connectivity index (χ1) is 15.3. The molecule has 0 aliphatic rings. The summed E-state index contributed by atoms with van der Waals surface area (Å²) >= 11 is 0. The van der Waals surface area contributed by atoms with E-state index in [0.717, 1.165) is 5.56 Å². The van der Waals surface area contributed by atoms with Crippen LogP contribution in [-0.4, -0.2) is 40.8 Å². The molecule has 0 atom stereocenters. The van der Waals surface area contributed by atoms with Crippen LogP contribution >= 0.6 is 0 Å². The summed E-state index contributed by atoms with van der Waals surface area (Å²) < 4.78 is 12.1. The zero-order valence-electron chi connectivity index (χ0n) is 19.1. The van der Waals surface area contributed by atoms with Crippen LogP contribution in [-0.2, 0) is 17.8 Å². The van der Waals surface area contributed by atoms with E-state index in [-0.39, 0.29) is 24.8 Å². The van der Waals surface area contributed by atoms with Gasteiger partial charge < -0.3 is 18.6 Å². The van der Waals surface area contributed by atoms with Gasteiger partial charge in [-0.3, -0.25) is 9.59 Å². The number of amides is 1. The lowest BCUT2D eigenvalue weighted by Crippen LogP contribution is -2.35. The van der Waals surface area contributed by atoms with Crippen molar-refractivity contribution >= 4 is 17.7 Å². The standard InChI is InChI=1S/C25H28N2O5/c1-6-27-18(4)22(17(3)23(27)25(30)31-5)21(28)15-26(14-20-8-7-13-32-20)24(29)19-11-9-16(2)10-12-19/h7-13H,6,14-15H2,1-5H3. The molecule has 0 saturated carbocycles. The van der Waals surface area contributed by atoms with Crippen LogP contribution < -0.4 is 0 Å². The van der Waals surface area contributed by atoms with Gasteiger partial charge in [-0.1, -0.05) is 17.7 Å². The first kappa shape index (κ1) is 23.1. The van der Waals surface area contributed by atoms with Crippen LogP contribution in [0.15, 0.2) is 47.1 Å². The molecule has 0 unspecified atom stereocenters. The highest BCUT2D eigenvalue weighted by Gasteiger charge is 2.28. The van der Waals surface area contributed by atoms with E-state index < -0.39 is 5.97 Å². The number of esters is 1. The first-order valence-electron chi connectivity index (χ1n) is 10.5. The number of hydrogen-bond donors (Lipinski definition) is 0. The third kappa shape index (κ3) is 4.51. The van der Waals surface area contributed by atoms with E-state index >= 15 is 0 Å². The van der Waals surface area contributed by atoms with Gasteiger partial charge in [-0.05, 0) is 57.5 Å². The molecule has 2 heterocycles. The molecule has 0 saturated heterocycles. The van der Waals surface area contributed by atoms with Gasteiger partial charge in [0.2, 0.25) is 0 Å². The number of carbonyl (C=O) groups is 3. The summed E-state index contributed by atoms with van der Waals surface area (Å²) in [4.78, 5) is 40.5. The van der Waals surface area contributed by atoms with E-state index in [1.807, 2.05) is 26.0 Å². The number of benzene rings is 1. The van der Waals surface area contributed by atoms with E-state index in [1.54, 1.807) is 42.7 Å². The van der Waals surface area contributed by atoms with Gasteiger partial charge in [0.25, 0.3) is 5.91 Å². The number of methoxy groups -OCH3 is 1. The molecule has 0 fully saturated rings. The minimum atomic E-state index is -0.491. The van der Waals surface area contributed by atoms with E-state index in [9.17, 15) is 14.4 Å². The van der Waals surface area contributed by atoms with Crippen molar-refractivity contribution in [3.8, 4) is 0 Å². The molecule has 3 rings (SSSR count). The van der Waals surface area contributed by atoms with Crippen LogP contribution in [0.2, 0.25) is 0 Å². The van der Waals surface area contributed by atoms with Crippen molar-refractivity contribution in [1.82, 2.24) is 9.47 Å². The van der Waals surface area contributed by atoms with Crippen LogP contribution in [0.3, 0.4) is 0 Å². The number of furan rings is 1. The van der Waals surface area contributed by atoms with Gasteiger partial charge in [-0.2, -0.15) is 0 Å². The summed E-state index contributed by atoms with van der Waals surface area (Å²) in [5.41, 5.74) is 3.56. The monoisotopic (exact) mass is 436 g/mol. The average Bonchev–Trinajstić information content (AvgIpc) is 3.37. The Kier molecular flexibility index (Phi) is 6.98. The highest BCUT2D eigenvalue weighted by molar-refractivity contribution is 6.06. The molecule has 0 spiro atoms. The summed E-state index contributed by atoms with van der Waals surface area (Å²) in [7, 11) is 1.32. The topological polar surface area (TPSA) is 81.8 Å². The molecule has 0 aliphatic heterocycles. The Bertz CT molecular complexity index is 1120. The molecule has 168 valence electrons. The lowest BCUT2D eigenvalue weighted by molar-refractivity contribution is 0.0587. The molecule has 0 radical (unpaired) electrons. The van der Waals surface area contributed by atoms with E-state index in [2.05, 4.69) is 0 Å². The fraction of sp³-hybridized carbons (Fsp3) is 0.320. The number of ketones is 1. The number of hydrogen-bond acceptors (Lipinski definition) is 5. The average molecular weight is 437 g/mol. The maximum Gasteiger partial charge on any atom is 0.354 e. The van der Waals surface area contributed by atoms with Crippen molar-refractivity contribution in [3.05, 3.63) is 82.1 Å². The Morgan fingerprint density at radius 2 is 1.75 bits per heavy atom. The second kappa shape index (κ2) is 9.68. The molecular formula is C25H28N2O5. The van der Waals surface area contributed by atoms with Crippen molar-refractivity contribution in [2.24, 2.45) is 0 Å². The van der Waals surface area contributed by atoms with Crippen molar-refractivity contribution in [2.45, 2.75) is 40.8 Å². The molecule has 0 aliphatic carbocycles. The van der Waals surface area contributed by atoms with Gasteiger partial charge >= 0.3 is 5.97 Å². The maximum absolute atomic E-state index is 13.4. The number of ether oxygens (including phenoxy) is 1. The summed E-state index contributed by atoms with van der Waals surface area (Å²) in [6.07, 6.45) is 1.53. The van der Waals surface area contributed by atoms with Crippen LogP contribution in [0, 0.1) is 20.8 Å². The molecule has 3 aromatic rings. The Balaban J connectivity index is 1.96. The third-order valence-electron chi connectivity index (χ3n) is 5.59. The Morgan fingerprint density at radius 1 is 1.06 bits per heavy atom. The number of nitrogens with zero attached hydrogens (tertiary/aromatic N) is 2. The van der Waals surface area contributed by atoms with Gasteiger partial charge in [-0.15, -0.1) is 0 Å². The van der Waals surface area contributed by atoms with E-state index in [4.69, 9.17) is 9.15 Å². The molecule has 7 heteroatoms. The normalized spacial score (nSPS) is 10.8. The molecule has 1 amide bonds. The van der Waals surface area contributed by atoms with Crippen LogP contribution in [0.1, 0.15) is 60.7 Å². The first-order valence-corrected chi connectivity index (χ1v) is 10.5. The zero-order chi connectivity index (χ0) is 23.4. The molecule has 1 aromatic carbocycles. The molecule has 2 aromatic heterocycles. The molecule has 32 heavy (non-hydrogen) atoms. The Hall–Kier alpha value is -3.61. The van der Waals surface area contributed by atoms with E-state index in [1.165, 1.54) is 18.3 Å².